The lowest BCUT2D eigenvalue weighted by atomic mass is 9.81. The van der Waals surface area contributed by atoms with Crippen LogP contribution in [0.15, 0.2) is 121 Å². The van der Waals surface area contributed by atoms with Crippen LogP contribution in [0, 0.1) is 13.8 Å². The van der Waals surface area contributed by atoms with E-state index in [0.29, 0.717) is 0 Å². The summed E-state index contributed by atoms with van der Waals surface area (Å²) in [5.74, 6) is 1.98. The summed E-state index contributed by atoms with van der Waals surface area (Å²) in [5, 5.41) is 0. The molecule has 0 radical (unpaired) electrons. The Morgan fingerprint density at radius 3 is 0.789 bits per heavy atom. The Balaban J connectivity index is 1.56. The number of hydrogen-bond acceptors (Lipinski definition) is 2. The topological polar surface area (TPSA) is 18.5 Å². The molecule has 0 amide bonds. The monoisotopic (exact) mass is 498 g/mol. The fourth-order valence-corrected chi connectivity index (χ4v) is 5.15. The predicted octanol–water partition coefficient (Wildman–Crippen LogP) is 8.68. The van der Waals surface area contributed by atoms with Gasteiger partial charge in [0.05, 0.1) is 14.2 Å². The molecule has 0 atom stereocenters. The Hall–Kier alpha value is -4.30. The van der Waals surface area contributed by atoms with Gasteiger partial charge in [-0.05, 0) is 71.5 Å². The van der Waals surface area contributed by atoms with Gasteiger partial charge < -0.3 is 9.47 Å². The van der Waals surface area contributed by atoms with Crippen molar-refractivity contribution in [2.75, 3.05) is 14.2 Å². The quantitative estimate of drug-likeness (QED) is 0.199. The molecule has 38 heavy (non-hydrogen) atoms. The summed E-state index contributed by atoms with van der Waals surface area (Å²) >= 11 is 0. The van der Waals surface area contributed by atoms with Crippen molar-refractivity contribution in [2.45, 2.75) is 25.7 Å². The van der Waals surface area contributed by atoms with Gasteiger partial charge in [0.2, 0.25) is 0 Å². The second-order valence-electron chi connectivity index (χ2n) is 9.90. The maximum atomic E-state index is 5.41. The Labute approximate surface area is 226 Å². The largest absolute Gasteiger partial charge is 0.497 e. The molecule has 0 unspecified atom stereocenters. The Kier molecular flexibility index (Phi) is 7.60. The molecule has 0 aliphatic carbocycles. The molecule has 0 aromatic heterocycles. The molecule has 0 aliphatic rings. The van der Waals surface area contributed by atoms with E-state index in [0.717, 1.165) is 11.5 Å². The van der Waals surface area contributed by atoms with E-state index in [1.54, 1.807) is 14.2 Å². The molecule has 0 bridgehead atoms. The van der Waals surface area contributed by atoms with Crippen LogP contribution < -0.4 is 9.47 Å². The highest BCUT2D eigenvalue weighted by Crippen LogP contribution is 2.37. The van der Waals surface area contributed by atoms with Gasteiger partial charge in [-0.1, -0.05) is 108 Å². The van der Waals surface area contributed by atoms with Crippen LogP contribution in [0.2, 0.25) is 0 Å². The third-order valence-electron chi connectivity index (χ3n) is 7.32. The molecule has 0 saturated carbocycles. The molecule has 5 aromatic rings. The van der Waals surface area contributed by atoms with Crippen LogP contribution in [0.25, 0.3) is 0 Å². The van der Waals surface area contributed by atoms with Gasteiger partial charge in [0, 0.05) is 11.8 Å². The minimum Gasteiger partial charge on any atom is -0.497 e. The second-order valence-corrected chi connectivity index (χ2v) is 9.90. The summed E-state index contributed by atoms with van der Waals surface area (Å²) < 4.78 is 10.8. The van der Waals surface area contributed by atoms with Crippen molar-refractivity contribution in [2.24, 2.45) is 0 Å². The van der Waals surface area contributed by atoms with Crippen molar-refractivity contribution in [3.05, 3.63) is 166 Å². The summed E-state index contributed by atoms with van der Waals surface area (Å²) in [4.78, 5) is 0. The van der Waals surface area contributed by atoms with Crippen LogP contribution in [-0.4, -0.2) is 14.2 Å². The zero-order chi connectivity index (χ0) is 26.5. The average molecular weight is 499 g/mol. The van der Waals surface area contributed by atoms with Crippen molar-refractivity contribution in [3.63, 3.8) is 0 Å². The molecule has 190 valence electrons. The lowest BCUT2D eigenvalue weighted by Gasteiger charge is -2.22. The van der Waals surface area contributed by atoms with E-state index in [9.17, 15) is 0 Å². The first-order valence-corrected chi connectivity index (χ1v) is 13.1. The Bertz CT molecular complexity index is 1350. The molecule has 5 rings (SSSR count). The third kappa shape index (κ3) is 5.50. The van der Waals surface area contributed by atoms with E-state index < -0.39 is 0 Å². The van der Waals surface area contributed by atoms with E-state index >= 15 is 0 Å². The second kappa shape index (κ2) is 11.4. The van der Waals surface area contributed by atoms with Crippen LogP contribution in [0.5, 0.6) is 11.5 Å². The Morgan fingerprint density at radius 2 is 0.553 bits per heavy atom. The lowest BCUT2D eigenvalue weighted by Crippen LogP contribution is -2.06. The maximum absolute atomic E-state index is 5.41. The molecule has 0 fully saturated rings. The first kappa shape index (κ1) is 25.4. The Morgan fingerprint density at radius 1 is 0.342 bits per heavy atom. The number of rotatable bonds is 8. The van der Waals surface area contributed by atoms with Crippen molar-refractivity contribution in [3.8, 4) is 11.5 Å². The van der Waals surface area contributed by atoms with Gasteiger partial charge in [-0.25, -0.2) is 0 Å². The number of benzene rings is 5. The fourth-order valence-electron chi connectivity index (χ4n) is 5.15. The molecule has 0 N–H and O–H groups in total. The van der Waals surface area contributed by atoms with Crippen LogP contribution in [-0.2, 0) is 0 Å². The highest BCUT2D eigenvalue weighted by atomic mass is 16.5. The molecule has 5 aromatic carbocycles. The SMILES string of the molecule is COc1ccc(C(c2ccc(OC)cc2)c2ccc(C(c3ccc(C)cc3)c3ccc(C)cc3)cc2)cc1. The fraction of sp³-hybridized carbons (Fsp3) is 0.167. The molecule has 2 heteroatoms. The zero-order valence-corrected chi connectivity index (χ0v) is 22.5. The molecule has 2 nitrogen and oxygen atoms in total. The summed E-state index contributed by atoms with van der Waals surface area (Å²) in [6, 6.07) is 43.7. The number of ether oxygens (including phenoxy) is 2. The predicted molar refractivity (Wildman–Crippen MR) is 157 cm³/mol. The molecule has 0 heterocycles. The normalized spacial score (nSPS) is 11.1. The molecule has 0 spiro atoms. The van der Waals surface area contributed by atoms with Gasteiger partial charge in [-0.3, -0.25) is 0 Å². The van der Waals surface area contributed by atoms with Gasteiger partial charge in [0.1, 0.15) is 11.5 Å². The van der Waals surface area contributed by atoms with Crippen molar-refractivity contribution in [1.29, 1.82) is 0 Å². The van der Waals surface area contributed by atoms with Crippen molar-refractivity contribution in [1.82, 2.24) is 0 Å². The minimum atomic E-state index is 0.0954. The standard InChI is InChI=1S/C36H34O2/c1-25-5-9-27(10-6-25)35(28-11-7-26(2)8-12-28)29-13-15-30(16-14-29)36(31-17-21-33(37-3)22-18-31)32-19-23-34(38-4)24-20-32/h5-24,35-36H,1-4H3. The van der Waals surface area contributed by atoms with E-state index in [1.165, 1.54) is 44.5 Å². The average Bonchev–Trinajstić information content (AvgIpc) is 2.97. The highest BCUT2D eigenvalue weighted by Gasteiger charge is 2.20. The van der Waals surface area contributed by atoms with Gasteiger partial charge in [-0.2, -0.15) is 0 Å². The van der Waals surface area contributed by atoms with E-state index in [2.05, 4.69) is 111 Å². The third-order valence-corrected chi connectivity index (χ3v) is 7.32. The zero-order valence-electron chi connectivity index (χ0n) is 22.5. The van der Waals surface area contributed by atoms with Crippen molar-refractivity contribution >= 4 is 0 Å². The highest BCUT2D eigenvalue weighted by molar-refractivity contribution is 5.49. The number of methoxy groups -OCH3 is 2. The molecular formula is C36H34O2. The van der Waals surface area contributed by atoms with Crippen LogP contribution in [0.3, 0.4) is 0 Å². The summed E-state index contributed by atoms with van der Waals surface area (Å²) in [7, 11) is 3.40. The van der Waals surface area contributed by atoms with E-state index in [4.69, 9.17) is 9.47 Å². The molecular weight excluding hydrogens is 464 g/mol. The lowest BCUT2D eigenvalue weighted by molar-refractivity contribution is 0.414. The molecule has 0 saturated heterocycles. The van der Waals surface area contributed by atoms with Gasteiger partial charge in [0.15, 0.2) is 0 Å². The van der Waals surface area contributed by atoms with Gasteiger partial charge in [0.25, 0.3) is 0 Å². The first-order valence-electron chi connectivity index (χ1n) is 13.1. The number of hydrogen-bond donors (Lipinski definition) is 0. The van der Waals surface area contributed by atoms with Crippen molar-refractivity contribution < 1.29 is 9.47 Å². The van der Waals surface area contributed by atoms with Crippen LogP contribution in [0.4, 0.5) is 0 Å². The van der Waals surface area contributed by atoms with Crippen LogP contribution >= 0.6 is 0 Å². The smallest absolute Gasteiger partial charge is 0.118 e. The van der Waals surface area contributed by atoms with Gasteiger partial charge in [-0.15, -0.1) is 0 Å². The summed E-state index contributed by atoms with van der Waals surface area (Å²) in [6.45, 7) is 4.27. The summed E-state index contributed by atoms with van der Waals surface area (Å²) in [5.41, 5.74) is 10.1. The molecule has 0 aliphatic heterocycles. The van der Waals surface area contributed by atoms with E-state index in [-0.39, 0.29) is 11.8 Å². The maximum Gasteiger partial charge on any atom is 0.118 e. The van der Waals surface area contributed by atoms with Crippen LogP contribution in [0.1, 0.15) is 56.3 Å². The van der Waals surface area contributed by atoms with E-state index in [1.807, 2.05) is 24.3 Å². The first-order chi connectivity index (χ1) is 18.6. The number of aryl methyl sites for hydroxylation is 2. The summed E-state index contributed by atoms with van der Waals surface area (Å²) in [6.07, 6.45) is 0. The minimum absolute atomic E-state index is 0.0954. The van der Waals surface area contributed by atoms with Gasteiger partial charge >= 0.3 is 0 Å².